The largest absolute Gasteiger partial charge is 0.444 e. The molecule has 4 rings (SSSR count). The van der Waals surface area contributed by atoms with E-state index in [1.165, 1.54) is 12.1 Å². The van der Waals surface area contributed by atoms with Crippen LogP contribution in [0.15, 0.2) is 36.5 Å². The molecule has 1 aromatic carbocycles. The van der Waals surface area contributed by atoms with Crippen molar-refractivity contribution in [3.8, 4) is 0 Å². The van der Waals surface area contributed by atoms with Crippen LogP contribution < -0.4 is 15.1 Å². The number of aromatic nitrogens is 1. The van der Waals surface area contributed by atoms with Gasteiger partial charge < -0.3 is 34.6 Å². The van der Waals surface area contributed by atoms with E-state index in [2.05, 4.69) is 15.2 Å². The molecule has 2 aliphatic rings. The van der Waals surface area contributed by atoms with Crippen LogP contribution in [0.2, 0.25) is 5.02 Å². The van der Waals surface area contributed by atoms with Crippen LogP contribution in [0, 0.1) is 5.82 Å². The van der Waals surface area contributed by atoms with Crippen LogP contribution in [0.4, 0.5) is 20.7 Å². The average molecular weight is 564 g/mol. The van der Waals surface area contributed by atoms with Crippen molar-refractivity contribution < 1.29 is 28.6 Å². The topological polar surface area (TPSA) is 107 Å². The van der Waals surface area contributed by atoms with Crippen molar-refractivity contribution >= 4 is 35.1 Å². The molecule has 0 saturated carbocycles. The summed E-state index contributed by atoms with van der Waals surface area (Å²) in [5.41, 5.74) is -0.969. The summed E-state index contributed by atoms with van der Waals surface area (Å²) in [4.78, 5) is 35.4. The van der Waals surface area contributed by atoms with Crippen molar-refractivity contribution in [2.24, 2.45) is 0 Å². The number of carbonyl (C=O) groups is 2. The van der Waals surface area contributed by atoms with Crippen LogP contribution in [0.5, 0.6) is 0 Å². The number of ether oxygens (including phenoxy) is 2. The van der Waals surface area contributed by atoms with Gasteiger partial charge in [-0.3, -0.25) is 4.79 Å². The fourth-order valence-electron chi connectivity index (χ4n) is 4.42. The van der Waals surface area contributed by atoms with Gasteiger partial charge in [0.15, 0.2) is 5.60 Å². The molecular weight excluding hydrogens is 529 g/mol. The molecule has 2 aliphatic heterocycles. The molecule has 0 unspecified atom stereocenters. The summed E-state index contributed by atoms with van der Waals surface area (Å²) in [5, 5.41) is 13.9. The number of pyridine rings is 1. The van der Waals surface area contributed by atoms with Crippen LogP contribution in [-0.2, 0) is 20.8 Å². The van der Waals surface area contributed by atoms with Gasteiger partial charge in [-0.1, -0.05) is 11.6 Å². The highest BCUT2D eigenvalue weighted by molar-refractivity contribution is 6.30. The van der Waals surface area contributed by atoms with E-state index in [-0.39, 0.29) is 37.4 Å². The number of amides is 2. The molecule has 1 atom stereocenters. The first-order valence-corrected chi connectivity index (χ1v) is 13.3. The average Bonchev–Trinajstić information content (AvgIpc) is 3.08. The molecular formula is C27H35ClFN5O5. The lowest BCUT2D eigenvalue weighted by atomic mass is 9.99. The molecule has 0 bridgehead atoms. The second-order valence-corrected chi connectivity index (χ2v) is 11.2. The maximum Gasteiger partial charge on any atom is 0.410 e. The Kier molecular flexibility index (Phi) is 8.83. The molecule has 2 saturated heterocycles. The fraction of sp³-hybridized carbons (Fsp3) is 0.519. The first kappa shape index (κ1) is 28.8. The van der Waals surface area contributed by atoms with E-state index >= 15 is 0 Å². The number of hydrogen-bond acceptors (Lipinski definition) is 8. The van der Waals surface area contributed by atoms with Crippen LogP contribution >= 0.6 is 11.6 Å². The standard InChI is InChI=1S/C27H35ClFN5O5/c1-26(2,3)39-25(36)33-10-8-32(9-11-33)23-5-4-22(16-30-23)34-7-6-27(37,17-38-18-34)24(35)31-15-19-12-20(28)14-21(29)13-19/h4-5,12-14,16,37H,6-11,15,17-18H2,1-3H3,(H,31,35)/t27-/m1/s1. The van der Waals surface area contributed by atoms with Crippen LogP contribution in [0.1, 0.15) is 32.8 Å². The van der Waals surface area contributed by atoms with Gasteiger partial charge in [-0.05, 0) is 56.7 Å². The minimum Gasteiger partial charge on any atom is -0.444 e. The Morgan fingerprint density at radius 2 is 1.90 bits per heavy atom. The van der Waals surface area contributed by atoms with Crippen molar-refractivity contribution in [1.82, 2.24) is 15.2 Å². The monoisotopic (exact) mass is 563 g/mol. The Balaban J connectivity index is 1.29. The summed E-state index contributed by atoms with van der Waals surface area (Å²) < 4.78 is 24.7. The molecule has 0 aliphatic carbocycles. The lowest BCUT2D eigenvalue weighted by Crippen LogP contribution is -2.50. The number of rotatable bonds is 5. The minimum atomic E-state index is -1.73. The normalized spacial score (nSPS) is 20.4. The van der Waals surface area contributed by atoms with Crippen LogP contribution in [-0.4, -0.2) is 84.3 Å². The number of anilines is 2. The number of carbonyl (C=O) groups excluding carboxylic acids is 2. The van der Waals surface area contributed by atoms with Crippen LogP contribution in [0.25, 0.3) is 0 Å². The number of nitrogens with zero attached hydrogens (tertiary/aromatic N) is 4. The quantitative estimate of drug-likeness (QED) is 0.571. The van der Waals surface area contributed by atoms with Gasteiger partial charge in [0.25, 0.3) is 5.91 Å². The highest BCUT2D eigenvalue weighted by Crippen LogP contribution is 2.24. The van der Waals surface area contributed by atoms with Gasteiger partial charge in [-0.2, -0.15) is 0 Å². The minimum absolute atomic E-state index is 0.0275. The number of hydrogen-bond donors (Lipinski definition) is 2. The lowest BCUT2D eigenvalue weighted by Gasteiger charge is -2.36. The number of aliphatic hydroxyl groups is 1. The Morgan fingerprint density at radius 3 is 2.54 bits per heavy atom. The molecule has 39 heavy (non-hydrogen) atoms. The zero-order chi connectivity index (χ0) is 28.2. The summed E-state index contributed by atoms with van der Waals surface area (Å²) in [6.45, 7) is 8.33. The van der Waals surface area contributed by atoms with E-state index in [0.717, 1.165) is 11.5 Å². The highest BCUT2D eigenvalue weighted by Gasteiger charge is 2.38. The lowest BCUT2D eigenvalue weighted by molar-refractivity contribution is -0.145. The number of nitrogens with one attached hydrogen (secondary N) is 1. The zero-order valence-electron chi connectivity index (χ0n) is 22.5. The molecule has 3 heterocycles. The van der Waals surface area contributed by atoms with Crippen molar-refractivity contribution in [3.05, 3.63) is 52.9 Å². The van der Waals surface area contributed by atoms with Crippen molar-refractivity contribution in [3.63, 3.8) is 0 Å². The fourth-order valence-corrected chi connectivity index (χ4v) is 4.67. The third-order valence-corrected chi connectivity index (χ3v) is 6.75. The van der Waals surface area contributed by atoms with Gasteiger partial charge in [-0.15, -0.1) is 0 Å². The molecule has 2 aromatic rings. The second kappa shape index (κ2) is 11.9. The third kappa shape index (κ3) is 7.71. The van der Waals surface area contributed by atoms with Gasteiger partial charge in [0, 0.05) is 50.7 Å². The highest BCUT2D eigenvalue weighted by atomic mass is 35.5. The van der Waals surface area contributed by atoms with Crippen molar-refractivity contribution in [1.29, 1.82) is 0 Å². The molecule has 212 valence electrons. The number of halogens is 2. The first-order valence-electron chi connectivity index (χ1n) is 12.9. The smallest absolute Gasteiger partial charge is 0.410 e. The van der Waals surface area contributed by atoms with Gasteiger partial charge in [0.1, 0.15) is 24.0 Å². The summed E-state index contributed by atoms with van der Waals surface area (Å²) in [6, 6.07) is 7.84. The van der Waals surface area contributed by atoms with E-state index in [4.69, 9.17) is 21.1 Å². The van der Waals surface area contributed by atoms with Crippen molar-refractivity contribution in [2.45, 2.75) is 44.9 Å². The van der Waals surface area contributed by atoms with Gasteiger partial charge in [-0.25, -0.2) is 14.2 Å². The van der Waals surface area contributed by atoms with Crippen molar-refractivity contribution in [2.75, 3.05) is 55.9 Å². The Morgan fingerprint density at radius 1 is 1.15 bits per heavy atom. The summed E-state index contributed by atoms with van der Waals surface area (Å²) >= 11 is 5.87. The predicted octanol–water partition coefficient (Wildman–Crippen LogP) is 3.16. The second-order valence-electron chi connectivity index (χ2n) is 10.8. The molecule has 1 aromatic heterocycles. The van der Waals surface area contributed by atoms with Gasteiger partial charge in [0.2, 0.25) is 0 Å². The summed E-state index contributed by atoms with van der Waals surface area (Å²) in [7, 11) is 0. The first-order chi connectivity index (χ1) is 18.4. The summed E-state index contributed by atoms with van der Waals surface area (Å²) in [6.07, 6.45) is 1.56. The number of piperazine rings is 1. The SMILES string of the molecule is CC(C)(C)OC(=O)N1CCN(c2ccc(N3CC[C@](O)(C(=O)NCc4cc(F)cc(Cl)c4)COC3)cn2)CC1. The Hall–Kier alpha value is -3.15. The van der Waals surface area contributed by atoms with Crippen LogP contribution in [0.3, 0.4) is 0 Å². The predicted molar refractivity (Wildman–Crippen MR) is 145 cm³/mol. The molecule has 2 fully saturated rings. The summed E-state index contributed by atoms with van der Waals surface area (Å²) in [5.74, 6) is -0.294. The van der Waals surface area contributed by atoms with E-state index in [9.17, 15) is 19.1 Å². The molecule has 10 nitrogen and oxygen atoms in total. The Labute approximate surface area is 232 Å². The van der Waals surface area contributed by atoms with E-state index in [1.54, 1.807) is 17.2 Å². The molecule has 12 heteroatoms. The maximum absolute atomic E-state index is 13.6. The van der Waals surface area contributed by atoms with Gasteiger partial charge in [0.05, 0.1) is 18.5 Å². The molecule has 2 amide bonds. The molecule has 0 radical (unpaired) electrons. The third-order valence-electron chi connectivity index (χ3n) is 6.53. The maximum atomic E-state index is 13.6. The number of benzene rings is 1. The molecule has 2 N–H and O–H groups in total. The van der Waals surface area contributed by atoms with E-state index in [1.807, 2.05) is 37.8 Å². The Bertz CT molecular complexity index is 1150. The van der Waals surface area contributed by atoms with E-state index in [0.29, 0.717) is 38.3 Å². The molecule has 0 spiro atoms. The zero-order valence-corrected chi connectivity index (χ0v) is 23.2. The van der Waals surface area contributed by atoms with Gasteiger partial charge >= 0.3 is 6.09 Å². The van der Waals surface area contributed by atoms with E-state index < -0.39 is 22.9 Å².